The van der Waals surface area contributed by atoms with Gasteiger partial charge in [0, 0.05) is 24.7 Å². The standard InChI is InChI=1S/C15H21ClN2O2S/c16-14-4-2-13(3-5-14)10-21(19,20)18-9-7-15(12-18)6-1-8-17-11-15/h2-5,17H,1,6-12H2/t15-/m0/s1. The normalized spacial score (nSPS) is 27.3. The average molecular weight is 329 g/mol. The molecule has 0 aliphatic carbocycles. The molecule has 0 amide bonds. The largest absolute Gasteiger partial charge is 0.316 e. The number of benzene rings is 1. The van der Waals surface area contributed by atoms with Gasteiger partial charge in [-0.25, -0.2) is 12.7 Å². The van der Waals surface area contributed by atoms with Crippen LogP contribution in [0.4, 0.5) is 0 Å². The van der Waals surface area contributed by atoms with Crippen molar-refractivity contribution in [2.24, 2.45) is 5.41 Å². The first-order chi connectivity index (χ1) is 9.99. The van der Waals surface area contributed by atoms with Gasteiger partial charge >= 0.3 is 0 Å². The summed E-state index contributed by atoms with van der Waals surface area (Å²) < 4.78 is 26.8. The summed E-state index contributed by atoms with van der Waals surface area (Å²) in [7, 11) is -3.24. The molecule has 0 saturated carbocycles. The molecule has 1 N–H and O–H groups in total. The highest BCUT2D eigenvalue weighted by Gasteiger charge is 2.42. The lowest BCUT2D eigenvalue weighted by Gasteiger charge is -2.33. The molecule has 2 aliphatic heterocycles. The highest BCUT2D eigenvalue weighted by atomic mass is 35.5. The molecular weight excluding hydrogens is 308 g/mol. The zero-order chi connectivity index (χ0) is 14.9. The Morgan fingerprint density at radius 2 is 2.00 bits per heavy atom. The van der Waals surface area contributed by atoms with Crippen molar-refractivity contribution in [2.45, 2.75) is 25.0 Å². The first-order valence-corrected chi connectivity index (χ1v) is 9.41. The van der Waals surface area contributed by atoms with Crippen molar-refractivity contribution in [3.05, 3.63) is 34.9 Å². The number of hydrogen-bond acceptors (Lipinski definition) is 3. The lowest BCUT2D eigenvalue weighted by Crippen LogP contribution is -2.42. The second-order valence-corrected chi connectivity index (χ2v) is 8.65. The van der Waals surface area contributed by atoms with Gasteiger partial charge in [0.15, 0.2) is 0 Å². The van der Waals surface area contributed by atoms with Crippen LogP contribution in [0.1, 0.15) is 24.8 Å². The number of sulfonamides is 1. The Hall–Kier alpha value is -0.620. The van der Waals surface area contributed by atoms with Crippen molar-refractivity contribution < 1.29 is 8.42 Å². The van der Waals surface area contributed by atoms with Crippen molar-refractivity contribution in [2.75, 3.05) is 26.2 Å². The van der Waals surface area contributed by atoms with E-state index in [1.54, 1.807) is 28.6 Å². The Morgan fingerprint density at radius 3 is 2.67 bits per heavy atom. The van der Waals surface area contributed by atoms with Crippen molar-refractivity contribution in [1.29, 1.82) is 0 Å². The predicted octanol–water partition coefficient (Wildman–Crippen LogP) is 2.25. The lowest BCUT2D eigenvalue weighted by molar-refractivity contribution is 0.224. The van der Waals surface area contributed by atoms with Crippen LogP contribution < -0.4 is 5.32 Å². The van der Waals surface area contributed by atoms with Crippen LogP contribution in [0.5, 0.6) is 0 Å². The van der Waals surface area contributed by atoms with Crippen molar-refractivity contribution in [3.63, 3.8) is 0 Å². The summed E-state index contributed by atoms with van der Waals surface area (Å²) in [4.78, 5) is 0. The monoisotopic (exact) mass is 328 g/mol. The van der Waals surface area contributed by atoms with Gasteiger partial charge in [0.1, 0.15) is 0 Å². The summed E-state index contributed by atoms with van der Waals surface area (Å²) in [6, 6.07) is 7.05. The van der Waals surface area contributed by atoms with Gasteiger partial charge in [-0.05, 0) is 48.9 Å². The number of hydrogen-bond donors (Lipinski definition) is 1. The van der Waals surface area contributed by atoms with Gasteiger partial charge in [0.05, 0.1) is 5.75 Å². The number of nitrogens with zero attached hydrogens (tertiary/aromatic N) is 1. The SMILES string of the molecule is O=S(=O)(Cc1ccc(Cl)cc1)N1CC[C@]2(CCCNC2)C1. The molecule has 2 fully saturated rings. The minimum atomic E-state index is -3.24. The Morgan fingerprint density at radius 1 is 1.24 bits per heavy atom. The van der Waals surface area contributed by atoms with Crippen molar-refractivity contribution >= 4 is 21.6 Å². The maximum absolute atomic E-state index is 12.6. The zero-order valence-electron chi connectivity index (χ0n) is 12.0. The second kappa shape index (κ2) is 5.88. The van der Waals surface area contributed by atoms with E-state index in [2.05, 4.69) is 5.32 Å². The van der Waals surface area contributed by atoms with Gasteiger partial charge in [0.2, 0.25) is 10.0 Å². The van der Waals surface area contributed by atoms with E-state index in [4.69, 9.17) is 11.6 Å². The number of nitrogens with one attached hydrogen (secondary N) is 1. The minimum absolute atomic E-state index is 0.0632. The van der Waals surface area contributed by atoms with Crippen LogP contribution in [0.15, 0.2) is 24.3 Å². The number of rotatable bonds is 3. The lowest BCUT2D eigenvalue weighted by atomic mass is 9.80. The Kier molecular flexibility index (Phi) is 4.28. The van der Waals surface area contributed by atoms with E-state index in [9.17, 15) is 8.42 Å². The minimum Gasteiger partial charge on any atom is -0.316 e. The van der Waals surface area contributed by atoms with Crippen LogP contribution in [0.3, 0.4) is 0 Å². The summed E-state index contributed by atoms with van der Waals surface area (Å²) in [5.41, 5.74) is 0.952. The molecule has 21 heavy (non-hydrogen) atoms. The average Bonchev–Trinajstić information content (AvgIpc) is 2.87. The van der Waals surface area contributed by atoms with E-state index in [-0.39, 0.29) is 11.2 Å². The quantitative estimate of drug-likeness (QED) is 0.925. The van der Waals surface area contributed by atoms with Crippen LogP contribution in [-0.2, 0) is 15.8 Å². The van der Waals surface area contributed by atoms with Gasteiger partial charge in [0.25, 0.3) is 0 Å². The fourth-order valence-electron chi connectivity index (χ4n) is 3.39. The summed E-state index contributed by atoms with van der Waals surface area (Å²) in [5.74, 6) is 0.0632. The molecule has 6 heteroatoms. The molecular formula is C15H21ClN2O2S. The maximum Gasteiger partial charge on any atom is 0.218 e. The van der Waals surface area contributed by atoms with E-state index in [1.807, 2.05) is 0 Å². The van der Waals surface area contributed by atoms with Gasteiger partial charge in [-0.2, -0.15) is 0 Å². The third-order valence-corrected chi connectivity index (χ3v) is 6.67. The van der Waals surface area contributed by atoms with Crippen LogP contribution in [0.25, 0.3) is 0 Å². The molecule has 0 bridgehead atoms. The van der Waals surface area contributed by atoms with Crippen molar-refractivity contribution in [1.82, 2.24) is 9.62 Å². The smallest absolute Gasteiger partial charge is 0.218 e. The Balaban J connectivity index is 1.69. The molecule has 2 heterocycles. The van der Waals surface area contributed by atoms with E-state index in [0.717, 1.165) is 37.9 Å². The highest BCUT2D eigenvalue weighted by molar-refractivity contribution is 7.88. The third-order valence-electron chi connectivity index (χ3n) is 4.62. The highest BCUT2D eigenvalue weighted by Crippen LogP contribution is 2.37. The third kappa shape index (κ3) is 3.42. The van der Waals surface area contributed by atoms with Crippen LogP contribution in [0.2, 0.25) is 5.02 Å². The van der Waals surface area contributed by atoms with Crippen LogP contribution >= 0.6 is 11.6 Å². The maximum atomic E-state index is 12.6. The predicted molar refractivity (Wildman–Crippen MR) is 84.8 cm³/mol. The summed E-state index contributed by atoms with van der Waals surface area (Å²) in [6.07, 6.45) is 3.25. The zero-order valence-corrected chi connectivity index (χ0v) is 13.6. The van der Waals surface area contributed by atoms with E-state index < -0.39 is 10.0 Å². The van der Waals surface area contributed by atoms with Gasteiger partial charge in [-0.3, -0.25) is 0 Å². The van der Waals surface area contributed by atoms with Crippen LogP contribution in [0, 0.1) is 5.41 Å². The molecule has 0 unspecified atom stereocenters. The Bertz CT molecular complexity index is 595. The molecule has 3 rings (SSSR count). The first kappa shape index (κ1) is 15.3. The molecule has 1 aromatic rings. The van der Waals surface area contributed by atoms with E-state index in [1.165, 1.54) is 0 Å². The number of halogens is 1. The fourth-order valence-corrected chi connectivity index (χ4v) is 5.15. The van der Waals surface area contributed by atoms with Crippen molar-refractivity contribution in [3.8, 4) is 0 Å². The first-order valence-electron chi connectivity index (χ1n) is 7.42. The number of piperidine rings is 1. The molecule has 2 saturated heterocycles. The topological polar surface area (TPSA) is 49.4 Å². The second-order valence-electron chi connectivity index (χ2n) is 6.25. The Labute approximate surface area is 131 Å². The summed E-state index contributed by atoms with van der Waals surface area (Å²) in [6.45, 7) is 3.31. The molecule has 2 aliphatic rings. The molecule has 1 spiro atoms. The summed E-state index contributed by atoms with van der Waals surface area (Å²) in [5, 5.41) is 4.04. The van der Waals surface area contributed by atoms with E-state index >= 15 is 0 Å². The molecule has 0 aromatic heterocycles. The van der Waals surface area contributed by atoms with Gasteiger partial charge in [-0.1, -0.05) is 23.7 Å². The molecule has 1 atom stereocenters. The van der Waals surface area contributed by atoms with Crippen LogP contribution in [-0.4, -0.2) is 38.9 Å². The summed E-state index contributed by atoms with van der Waals surface area (Å²) >= 11 is 5.84. The van der Waals surface area contributed by atoms with Gasteiger partial charge in [-0.15, -0.1) is 0 Å². The molecule has 1 aromatic carbocycles. The fraction of sp³-hybridized carbons (Fsp3) is 0.600. The molecule has 0 radical (unpaired) electrons. The molecule has 4 nitrogen and oxygen atoms in total. The molecule has 116 valence electrons. The van der Waals surface area contributed by atoms with Gasteiger partial charge < -0.3 is 5.32 Å². The van der Waals surface area contributed by atoms with E-state index in [0.29, 0.717) is 18.1 Å².